The Bertz CT molecular complexity index is 206. The van der Waals surface area contributed by atoms with Gasteiger partial charge in [0.25, 0.3) is 0 Å². The fraction of sp³-hybridized carbons (Fsp3) is 0.833. The summed E-state index contributed by atoms with van der Waals surface area (Å²) in [7, 11) is 0. The van der Waals surface area contributed by atoms with Crippen molar-refractivity contribution in [3.8, 4) is 0 Å². The van der Waals surface area contributed by atoms with E-state index in [1.54, 1.807) is 0 Å². The number of nitrogens with one attached hydrogen (secondary N) is 2. The number of carbonyl (C=O) groups excluding carboxylic acids is 2. The Morgan fingerprint density at radius 1 is 0.833 bits per heavy atom. The van der Waals surface area contributed by atoms with Crippen LogP contribution in [0.25, 0.3) is 0 Å². The molecule has 108 valence electrons. The fourth-order valence-electron chi connectivity index (χ4n) is 0.766. The van der Waals surface area contributed by atoms with Crippen molar-refractivity contribution in [2.24, 2.45) is 11.8 Å². The number of aliphatic hydroxyl groups is 2. The molecule has 0 unspecified atom stereocenters. The molecule has 0 saturated heterocycles. The molecular weight excluding hydrogens is 236 g/mol. The summed E-state index contributed by atoms with van der Waals surface area (Å²) >= 11 is 0. The summed E-state index contributed by atoms with van der Waals surface area (Å²) < 4.78 is 0. The van der Waals surface area contributed by atoms with Crippen molar-refractivity contribution in [1.82, 2.24) is 10.6 Å². The van der Waals surface area contributed by atoms with E-state index >= 15 is 0 Å². The van der Waals surface area contributed by atoms with Crippen LogP contribution < -0.4 is 10.6 Å². The second-order valence-corrected chi connectivity index (χ2v) is 4.34. The Kier molecular flexibility index (Phi) is 13.1. The largest absolute Gasteiger partial charge is 0.395 e. The van der Waals surface area contributed by atoms with Crippen molar-refractivity contribution in [3.05, 3.63) is 0 Å². The van der Waals surface area contributed by atoms with Crippen LogP contribution in [-0.4, -0.2) is 48.3 Å². The predicted molar refractivity (Wildman–Crippen MR) is 69.9 cm³/mol. The van der Waals surface area contributed by atoms with Gasteiger partial charge in [-0.05, 0) is 0 Å². The van der Waals surface area contributed by atoms with Crippen LogP contribution in [0, 0.1) is 11.8 Å². The normalized spacial score (nSPS) is 9.78. The molecule has 0 aromatic heterocycles. The highest BCUT2D eigenvalue weighted by atomic mass is 16.3. The van der Waals surface area contributed by atoms with Gasteiger partial charge in [-0.2, -0.15) is 0 Å². The maximum atomic E-state index is 10.7. The first-order valence-corrected chi connectivity index (χ1v) is 6.13. The lowest BCUT2D eigenvalue weighted by Crippen LogP contribution is -2.29. The van der Waals surface area contributed by atoms with Crippen LogP contribution in [0.1, 0.15) is 27.7 Å². The van der Waals surface area contributed by atoms with Crippen molar-refractivity contribution >= 4 is 11.8 Å². The van der Waals surface area contributed by atoms with Crippen molar-refractivity contribution in [3.63, 3.8) is 0 Å². The van der Waals surface area contributed by atoms with E-state index in [1.165, 1.54) is 0 Å². The first-order valence-electron chi connectivity index (χ1n) is 6.13. The van der Waals surface area contributed by atoms with Gasteiger partial charge in [-0.15, -0.1) is 0 Å². The molecule has 6 nitrogen and oxygen atoms in total. The quantitative estimate of drug-likeness (QED) is 0.519. The van der Waals surface area contributed by atoms with E-state index < -0.39 is 0 Å². The first-order chi connectivity index (χ1) is 8.36. The zero-order valence-electron chi connectivity index (χ0n) is 11.7. The van der Waals surface area contributed by atoms with E-state index in [4.69, 9.17) is 10.2 Å². The molecule has 0 heterocycles. The zero-order valence-corrected chi connectivity index (χ0v) is 11.7. The van der Waals surface area contributed by atoms with Crippen LogP contribution in [-0.2, 0) is 9.59 Å². The fourth-order valence-corrected chi connectivity index (χ4v) is 0.766. The van der Waals surface area contributed by atoms with Crippen LogP contribution >= 0.6 is 0 Å². The van der Waals surface area contributed by atoms with E-state index in [1.807, 2.05) is 27.7 Å². The minimum Gasteiger partial charge on any atom is -0.395 e. The molecule has 0 saturated carbocycles. The maximum absolute atomic E-state index is 10.7. The number of aliphatic hydroxyl groups excluding tert-OH is 2. The summed E-state index contributed by atoms with van der Waals surface area (Å²) in [6.45, 7) is 7.99. The lowest BCUT2D eigenvalue weighted by atomic mass is 10.2. The van der Waals surface area contributed by atoms with E-state index in [-0.39, 0.29) is 36.9 Å². The van der Waals surface area contributed by atoms with E-state index in [0.29, 0.717) is 13.1 Å². The topological polar surface area (TPSA) is 98.7 Å². The van der Waals surface area contributed by atoms with Gasteiger partial charge >= 0.3 is 0 Å². The predicted octanol–water partition coefficient (Wildman–Crippen LogP) is -0.498. The summed E-state index contributed by atoms with van der Waals surface area (Å²) in [5, 5.41) is 21.7. The third kappa shape index (κ3) is 12.9. The van der Waals surface area contributed by atoms with Gasteiger partial charge in [0.15, 0.2) is 0 Å². The molecule has 4 N–H and O–H groups in total. The summed E-state index contributed by atoms with van der Waals surface area (Å²) in [4.78, 5) is 21.4. The van der Waals surface area contributed by atoms with Crippen LogP contribution in [0.2, 0.25) is 0 Å². The minimum atomic E-state index is -0.0101. The van der Waals surface area contributed by atoms with Gasteiger partial charge in [-0.3, -0.25) is 9.59 Å². The highest BCUT2D eigenvalue weighted by Gasteiger charge is 2.04. The average molecular weight is 262 g/mol. The standard InChI is InChI=1S/2C6H13NO2/c2*1-5(2)6(9)7-3-4-8/h2*5,8H,3-4H2,1-2H3,(H,7,9). The van der Waals surface area contributed by atoms with Crippen molar-refractivity contribution in [2.75, 3.05) is 26.3 Å². The minimum absolute atomic E-state index is 0.0101. The molecule has 0 atom stereocenters. The molecule has 0 aliphatic heterocycles. The van der Waals surface area contributed by atoms with Crippen LogP contribution in [0.3, 0.4) is 0 Å². The average Bonchev–Trinajstić information content (AvgIpc) is 2.33. The molecule has 0 radical (unpaired) electrons. The molecule has 0 bridgehead atoms. The highest BCUT2D eigenvalue weighted by Crippen LogP contribution is 1.89. The first kappa shape index (κ1) is 19.2. The zero-order chi connectivity index (χ0) is 14.6. The molecule has 0 aliphatic carbocycles. The summed E-state index contributed by atoms with van der Waals surface area (Å²) in [5.41, 5.74) is 0. The molecule has 2 amide bonds. The second kappa shape index (κ2) is 12.3. The van der Waals surface area contributed by atoms with Gasteiger partial charge in [0.2, 0.25) is 11.8 Å². The molecule has 18 heavy (non-hydrogen) atoms. The van der Waals surface area contributed by atoms with Gasteiger partial charge in [-0.1, -0.05) is 27.7 Å². The Hall–Kier alpha value is -1.14. The number of carbonyl (C=O) groups is 2. The monoisotopic (exact) mass is 262 g/mol. The smallest absolute Gasteiger partial charge is 0.222 e. The number of hydrogen-bond donors (Lipinski definition) is 4. The summed E-state index contributed by atoms with van der Waals surface area (Å²) in [6, 6.07) is 0. The van der Waals surface area contributed by atoms with Gasteiger partial charge in [-0.25, -0.2) is 0 Å². The van der Waals surface area contributed by atoms with Gasteiger partial charge in [0.1, 0.15) is 0 Å². The molecule has 0 aromatic carbocycles. The molecule has 0 aromatic rings. The highest BCUT2D eigenvalue weighted by molar-refractivity contribution is 5.78. The Morgan fingerprint density at radius 3 is 1.28 bits per heavy atom. The number of amides is 2. The molecule has 0 rings (SSSR count). The molecule has 0 spiro atoms. The summed E-state index contributed by atoms with van der Waals surface area (Å²) in [6.07, 6.45) is 0. The lowest BCUT2D eigenvalue weighted by molar-refractivity contribution is -0.124. The van der Waals surface area contributed by atoms with E-state index in [0.717, 1.165) is 0 Å². The lowest BCUT2D eigenvalue weighted by Gasteiger charge is -2.04. The Labute approximate surface area is 109 Å². The molecule has 6 heteroatoms. The Morgan fingerprint density at radius 2 is 1.11 bits per heavy atom. The molecule has 0 aliphatic rings. The van der Waals surface area contributed by atoms with Crippen LogP contribution in [0.4, 0.5) is 0 Å². The van der Waals surface area contributed by atoms with Crippen molar-refractivity contribution in [1.29, 1.82) is 0 Å². The SMILES string of the molecule is CC(C)C(=O)NCCO.CC(C)C(=O)NCCO. The van der Waals surface area contributed by atoms with Gasteiger partial charge in [0.05, 0.1) is 13.2 Å². The third-order valence-corrected chi connectivity index (χ3v) is 1.87. The van der Waals surface area contributed by atoms with Crippen LogP contribution in [0.15, 0.2) is 0 Å². The second-order valence-electron chi connectivity index (χ2n) is 4.34. The third-order valence-electron chi connectivity index (χ3n) is 1.87. The number of rotatable bonds is 6. The Balaban J connectivity index is 0. The van der Waals surface area contributed by atoms with E-state index in [2.05, 4.69) is 10.6 Å². The van der Waals surface area contributed by atoms with Crippen molar-refractivity contribution in [2.45, 2.75) is 27.7 Å². The van der Waals surface area contributed by atoms with Gasteiger partial charge in [0, 0.05) is 24.9 Å². The summed E-state index contributed by atoms with van der Waals surface area (Å²) in [5.74, 6) is 0.00111. The maximum Gasteiger partial charge on any atom is 0.222 e. The molecule has 0 fully saturated rings. The van der Waals surface area contributed by atoms with Gasteiger partial charge < -0.3 is 20.8 Å². The van der Waals surface area contributed by atoms with Crippen molar-refractivity contribution < 1.29 is 19.8 Å². The number of hydrogen-bond acceptors (Lipinski definition) is 4. The van der Waals surface area contributed by atoms with E-state index in [9.17, 15) is 9.59 Å². The van der Waals surface area contributed by atoms with Crippen LogP contribution in [0.5, 0.6) is 0 Å². The molecular formula is C12H26N2O4.